The van der Waals surface area contributed by atoms with Gasteiger partial charge in [0.25, 0.3) is 11.6 Å². The fourth-order valence-corrected chi connectivity index (χ4v) is 2.43. The summed E-state index contributed by atoms with van der Waals surface area (Å²) in [5, 5.41) is 17.2. The van der Waals surface area contributed by atoms with Gasteiger partial charge in [-0.25, -0.2) is 0 Å². The molecule has 1 aromatic rings. The van der Waals surface area contributed by atoms with E-state index in [0.717, 1.165) is 25.7 Å². The van der Waals surface area contributed by atoms with E-state index in [0.29, 0.717) is 5.56 Å². The lowest BCUT2D eigenvalue weighted by atomic mass is 9.95. The van der Waals surface area contributed by atoms with Crippen LogP contribution in [0, 0.1) is 10.1 Å². The highest BCUT2D eigenvalue weighted by atomic mass is 16.6. The Labute approximate surface area is 128 Å². The average Bonchev–Trinajstić information content (AvgIpc) is 2.53. The molecule has 22 heavy (non-hydrogen) atoms. The lowest BCUT2D eigenvalue weighted by Crippen LogP contribution is -2.38. The number of amides is 1. The van der Waals surface area contributed by atoms with Gasteiger partial charge in [-0.1, -0.05) is 36.6 Å². The molecule has 0 spiro atoms. The molecule has 1 aliphatic rings. The van der Waals surface area contributed by atoms with Crippen molar-refractivity contribution in [2.24, 2.45) is 5.16 Å². The molecule has 0 heterocycles. The number of carbonyl (C=O) groups is 1. The van der Waals surface area contributed by atoms with Gasteiger partial charge in [0.1, 0.15) is 0 Å². The topological polar surface area (TPSA) is 93.8 Å². The van der Waals surface area contributed by atoms with Crippen LogP contribution < -0.4 is 5.32 Å². The number of oxime groups is 1. The zero-order chi connectivity index (χ0) is 15.8. The third kappa shape index (κ3) is 5.16. The second kappa shape index (κ2) is 8.11. The predicted octanol–water partition coefficient (Wildman–Crippen LogP) is 2.39. The van der Waals surface area contributed by atoms with Crippen LogP contribution in [-0.4, -0.2) is 29.7 Å². The zero-order valence-corrected chi connectivity index (χ0v) is 12.2. The molecular formula is C15H19N3O4. The van der Waals surface area contributed by atoms with Gasteiger partial charge < -0.3 is 10.2 Å². The largest absolute Gasteiger partial charge is 0.386 e. The van der Waals surface area contributed by atoms with Crippen LogP contribution in [0.1, 0.15) is 37.7 Å². The van der Waals surface area contributed by atoms with Crippen molar-refractivity contribution in [3.63, 3.8) is 0 Å². The summed E-state index contributed by atoms with van der Waals surface area (Å²) < 4.78 is 0. The molecule has 1 aliphatic carbocycles. The molecule has 0 radical (unpaired) electrons. The van der Waals surface area contributed by atoms with E-state index in [-0.39, 0.29) is 24.2 Å². The summed E-state index contributed by atoms with van der Waals surface area (Å²) >= 11 is 0. The SMILES string of the molecule is O=C(CO/N=C\c1cccc([N+](=O)[O-])c1)NC1CCCCC1. The van der Waals surface area contributed by atoms with Crippen LogP contribution in [0.2, 0.25) is 0 Å². The summed E-state index contributed by atoms with van der Waals surface area (Å²) in [6.07, 6.45) is 6.91. The fraction of sp³-hybridized carbons (Fsp3) is 0.467. The number of hydrogen-bond acceptors (Lipinski definition) is 5. The second-order valence-corrected chi connectivity index (χ2v) is 5.26. The minimum absolute atomic E-state index is 0.0148. The standard InChI is InChI=1S/C15H19N3O4/c19-15(17-13-6-2-1-3-7-13)11-22-16-10-12-5-4-8-14(9-12)18(20)21/h4-5,8-10,13H,1-3,6-7,11H2,(H,17,19)/b16-10-. The third-order valence-electron chi connectivity index (χ3n) is 3.52. The quantitative estimate of drug-likeness (QED) is 0.496. The van der Waals surface area contributed by atoms with Gasteiger partial charge in [0.2, 0.25) is 0 Å². The molecule has 0 bridgehead atoms. The van der Waals surface area contributed by atoms with Gasteiger partial charge in [-0.2, -0.15) is 0 Å². The molecule has 118 valence electrons. The lowest BCUT2D eigenvalue weighted by molar-refractivity contribution is -0.384. The summed E-state index contributed by atoms with van der Waals surface area (Å²) in [5.74, 6) is -0.192. The molecule has 7 nitrogen and oxygen atoms in total. The summed E-state index contributed by atoms with van der Waals surface area (Å²) in [7, 11) is 0. The minimum atomic E-state index is -0.476. The molecule has 2 rings (SSSR count). The molecule has 7 heteroatoms. The summed E-state index contributed by atoms with van der Waals surface area (Å²) in [5.41, 5.74) is 0.529. The summed E-state index contributed by atoms with van der Waals surface area (Å²) in [6, 6.07) is 6.26. The highest BCUT2D eigenvalue weighted by Gasteiger charge is 2.15. The maximum absolute atomic E-state index is 11.7. The van der Waals surface area contributed by atoms with Gasteiger partial charge in [0.15, 0.2) is 6.61 Å². The van der Waals surface area contributed by atoms with Crippen molar-refractivity contribution < 1.29 is 14.6 Å². The van der Waals surface area contributed by atoms with Crippen molar-refractivity contribution in [3.8, 4) is 0 Å². The number of hydrogen-bond donors (Lipinski definition) is 1. The van der Waals surface area contributed by atoms with Crippen LogP contribution in [0.5, 0.6) is 0 Å². The van der Waals surface area contributed by atoms with Crippen LogP contribution in [0.3, 0.4) is 0 Å². The number of benzene rings is 1. The Kier molecular flexibility index (Phi) is 5.88. The molecule has 1 fully saturated rings. The first-order valence-corrected chi connectivity index (χ1v) is 7.34. The van der Waals surface area contributed by atoms with Crippen LogP contribution in [0.15, 0.2) is 29.4 Å². The highest BCUT2D eigenvalue weighted by molar-refractivity contribution is 5.80. The van der Waals surface area contributed by atoms with Crippen molar-refractivity contribution >= 4 is 17.8 Å². The van der Waals surface area contributed by atoms with Gasteiger partial charge >= 0.3 is 0 Å². The first-order chi connectivity index (χ1) is 10.6. The van der Waals surface area contributed by atoms with Crippen LogP contribution in [0.4, 0.5) is 5.69 Å². The Morgan fingerprint density at radius 1 is 1.41 bits per heavy atom. The number of non-ortho nitro benzene ring substituents is 1. The molecule has 0 atom stereocenters. The Balaban J connectivity index is 1.74. The molecule has 1 aromatic carbocycles. The first kappa shape index (κ1) is 15.9. The van der Waals surface area contributed by atoms with Gasteiger partial charge in [-0.3, -0.25) is 14.9 Å². The van der Waals surface area contributed by atoms with E-state index in [1.165, 1.54) is 24.8 Å². The summed E-state index contributed by atoms with van der Waals surface area (Å²) in [4.78, 5) is 26.8. The second-order valence-electron chi connectivity index (χ2n) is 5.26. The maximum Gasteiger partial charge on any atom is 0.270 e. The number of nitro benzene ring substituents is 1. The Morgan fingerprint density at radius 2 is 2.18 bits per heavy atom. The van der Waals surface area contributed by atoms with Crippen molar-refractivity contribution in [2.45, 2.75) is 38.1 Å². The van der Waals surface area contributed by atoms with Crippen molar-refractivity contribution in [1.29, 1.82) is 0 Å². The van der Waals surface area contributed by atoms with E-state index in [1.54, 1.807) is 12.1 Å². The van der Waals surface area contributed by atoms with E-state index in [9.17, 15) is 14.9 Å². The lowest BCUT2D eigenvalue weighted by Gasteiger charge is -2.22. The minimum Gasteiger partial charge on any atom is -0.386 e. The average molecular weight is 305 g/mol. The van der Waals surface area contributed by atoms with Crippen molar-refractivity contribution in [3.05, 3.63) is 39.9 Å². The van der Waals surface area contributed by atoms with E-state index in [2.05, 4.69) is 10.5 Å². The monoisotopic (exact) mass is 305 g/mol. The molecule has 1 amide bonds. The highest BCUT2D eigenvalue weighted by Crippen LogP contribution is 2.17. The Morgan fingerprint density at radius 3 is 2.91 bits per heavy atom. The van der Waals surface area contributed by atoms with Crippen LogP contribution in [-0.2, 0) is 9.63 Å². The van der Waals surface area contributed by atoms with Gasteiger partial charge in [0.05, 0.1) is 11.1 Å². The van der Waals surface area contributed by atoms with Gasteiger partial charge in [0, 0.05) is 23.7 Å². The van der Waals surface area contributed by atoms with Crippen molar-refractivity contribution in [2.75, 3.05) is 6.61 Å². The smallest absolute Gasteiger partial charge is 0.270 e. The fourth-order valence-electron chi connectivity index (χ4n) is 2.43. The maximum atomic E-state index is 11.7. The zero-order valence-electron chi connectivity index (χ0n) is 12.2. The Hall–Kier alpha value is -2.44. The van der Waals surface area contributed by atoms with E-state index in [1.807, 2.05) is 0 Å². The molecular weight excluding hydrogens is 286 g/mol. The molecule has 0 saturated heterocycles. The van der Waals surface area contributed by atoms with E-state index >= 15 is 0 Å². The molecule has 0 unspecified atom stereocenters. The molecule has 0 aromatic heterocycles. The summed E-state index contributed by atoms with van der Waals surface area (Å²) in [6.45, 7) is -0.151. The number of carbonyl (C=O) groups excluding carboxylic acids is 1. The number of rotatable bonds is 6. The van der Waals surface area contributed by atoms with Gasteiger partial charge in [-0.05, 0) is 12.8 Å². The van der Waals surface area contributed by atoms with Crippen molar-refractivity contribution in [1.82, 2.24) is 5.32 Å². The normalized spacial score (nSPS) is 15.6. The number of nitro groups is 1. The first-order valence-electron chi connectivity index (χ1n) is 7.34. The molecule has 1 saturated carbocycles. The third-order valence-corrected chi connectivity index (χ3v) is 3.52. The van der Waals surface area contributed by atoms with Gasteiger partial charge in [-0.15, -0.1) is 0 Å². The Bertz CT molecular complexity index is 553. The van der Waals surface area contributed by atoms with Crippen LogP contribution >= 0.6 is 0 Å². The molecule has 0 aliphatic heterocycles. The number of nitrogens with one attached hydrogen (secondary N) is 1. The van der Waals surface area contributed by atoms with E-state index in [4.69, 9.17) is 4.84 Å². The van der Waals surface area contributed by atoms with Crippen LogP contribution in [0.25, 0.3) is 0 Å². The van der Waals surface area contributed by atoms with E-state index < -0.39 is 4.92 Å². The molecule has 1 N–H and O–H groups in total. The number of nitrogens with zero attached hydrogens (tertiary/aromatic N) is 2. The predicted molar refractivity (Wildman–Crippen MR) is 81.7 cm³/mol.